The van der Waals surface area contributed by atoms with Crippen molar-refractivity contribution in [2.75, 3.05) is 13.1 Å². The molecule has 0 bridgehead atoms. The van der Waals surface area contributed by atoms with E-state index in [0.29, 0.717) is 25.6 Å². The normalized spacial score (nSPS) is 24.4. The number of H-pyrrole nitrogens is 1. The Morgan fingerprint density at radius 1 is 1.21 bits per heavy atom. The molecular formula is C21H34N6O2. The predicted molar refractivity (Wildman–Crippen MR) is 110 cm³/mol. The zero-order chi connectivity index (χ0) is 20.4. The maximum Gasteiger partial charge on any atom is 0.317 e. The van der Waals surface area contributed by atoms with Crippen LogP contribution in [0.25, 0.3) is 0 Å². The van der Waals surface area contributed by atoms with Crippen LogP contribution in [-0.4, -0.2) is 58.0 Å². The van der Waals surface area contributed by atoms with Gasteiger partial charge in [-0.1, -0.05) is 19.3 Å². The maximum atomic E-state index is 12.7. The second-order valence-corrected chi connectivity index (χ2v) is 9.15. The zero-order valence-corrected chi connectivity index (χ0v) is 17.6. The van der Waals surface area contributed by atoms with Crippen molar-refractivity contribution in [3.05, 3.63) is 17.7 Å². The largest absolute Gasteiger partial charge is 0.353 e. The van der Waals surface area contributed by atoms with E-state index in [1.54, 1.807) is 6.33 Å². The first-order valence-electron chi connectivity index (χ1n) is 11.1. The van der Waals surface area contributed by atoms with Crippen molar-refractivity contribution in [2.45, 2.75) is 88.9 Å². The van der Waals surface area contributed by atoms with Crippen molar-refractivity contribution in [1.29, 1.82) is 0 Å². The fourth-order valence-corrected chi connectivity index (χ4v) is 5.07. The van der Waals surface area contributed by atoms with Crippen molar-refractivity contribution < 1.29 is 9.59 Å². The van der Waals surface area contributed by atoms with Crippen molar-refractivity contribution in [3.63, 3.8) is 0 Å². The van der Waals surface area contributed by atoms with E-state index in [1.807, 2.05) is 18.7 Å². The van der Waals surface area contributed by atoms with Crippen molar-refractivity contribution in [2.24, 2.45) is 0 Å². The van der Waals surface area contributed by atoms with Crippen LogP contribution >= 0.6 is 0 Å². The topological polar surface area (TPSA) is 102 Å². The zero-order valence-electron chi connectivity index (χ0n) is 17.6. The highest BCUT2D eigenvalue weighted by molar-refractivity contribution is 5.83. The van der Waals surface area contributed by atoms with Crippen LogP contribution in [0.5, 0.6) is 0 Å². The van der Waals surface area contributed by atoms with Crippen LogP contribution < -0.4 is 16.0 Å². The summed E-state index contributed by atoms with van der Waals surface area (Å²) in [5.41, 5.74) is 1.69. The Hall–Kier alpha value is -2.09. The third-order valence-corrected chi connectivity index (χ3v) is 6.61. The van der Waals surface area contributed by atoms with Gasteiger partial charge < -0.3 is 20.5 Å². The molecule has 160 valence electrons. The lowest BCUT2D eigenvalue weighted by atomic mass is 9.78. The van der Waals surface area contributed by atoms with Gasteiger partial charge in [0.05, 0.1) is 23.6 Å². The molecule has 0 radical (unpaired) electrons. The second kappa shape index (κ2) is 8.34. The van der Waals surface area contributed by atoms with Crippen molar-refractivity contribution in [1.82, 2.24) is 30.8 Å². The summed E-state index contributed by atoms with van der Waals surface area (Å²) in [5, 5.41) is 9.85. The lowest BCUT2D eigenvalue weighted by molar-refractivity contribution is -0.124. The summed E-state index contributed by atoms with van der Waals surface area (Å²) in [6.07, 6.45) is 9.73. The Labute approximate surface area is 172 Å². The number of hydrogen-bond donors (Lipinski definition) is 4. The molecule has 1 atom stereocenters. The van der Waals surface area contributed by atoms with Crippen LogP contribution in [0.2, 0.25) is 0 Å². The number of aromatic nitrogens is 2. The van der Waals surface area contributed by atoms with Gasteiger partial charge in [-0.25, -0.2) is 9.78 Å². The van der Waals surface area contributed by atoms with E-state index in [1.165, 1.54) is 19.3 Å². The molecule has 4 N–H and O–H groups in total. The molecule has 1 saturated heterocycles. The summed E-state index contributed by atoms with van der Waals surface area (Å²) in [5.74, 6) is 0.0251. The summed E-state index contributed by atoms with van der Waals surface area (Å²) < 4.78 is 0. The van der Waals surface area contributed by atoms with E-state index >= 15 is 0 Å². The maximum absolute atomic E-state index is 12.7. The molecule has 0 unspecified atom stereocenters. The Morgan fingerprint density at radius 3 is 2.62 bits per heavy atom. The third-order valence-electron chi connectivity index (χ3n) is 6.61. The number of aromatic amines is 1. The van der Waals surface area contributed by atoms with Gasteiger partial charge in [-0.05, 0) is 39.5 Å². The smallest absolute Gasteiger partial charge is 0.317 e. The molecule has 1 aromatic heterocycles. The molecular weight excluding hydrogens is 368 g/mol. The number of carbonyl (C=O) groups excluding carboxylic acids is 2. The average molecular weight is 403 g/mol. The van der Waals surface area contributed by atoms with E-state index in [9.17, 15) is 9.59 Å². The minimum Gasteiger partial charge on any atom is -0.353 e. The molecule has 2 fully saturated rings. The summed E-state index contributed by atoms with van der Waals surface area (Å²) in [7, 11) is 0. The highest BCUT2D eigenvalue weighted by Gasteiger charge is 2.46. The summed E-state index contributed by atoms with van der Waals surface area (Å²) in [4.78, 5) is 35.1. The number of imidazole rings is 1. The van der Waals surface area contributed by atoms with Crippen LogP contribution in [0.15, 0.2) is 6.33 Å². The molecule has 8 heteroatoms. The van der Waals surface area contributed by atoms with Crippen LogP contribution in [0, 0.1) is 0 Å². The fraction of sp³-hybridized carbons (Fsp3) is 0.762. The SMILES string of the molecule is CC(C)NC(=O)[C@@H]1Cc2[nH]cnc2C2(CCN(C(=O)NC3CCCCC3)CC2)N1. The summed E-state index contributed by atoms with van der Waals surface area (Å²) >= 11 is 0. The number of nitrogens with one attached hydrogen (secondary N) is 4. The molecule has 1 aromatic rings. The number of hydrogen-bond acceptors (Lipinski definition) is 4. The molecule has 8 nitrogen and oxygen atoms in total. The molecule has 29 heavy (non-hydrogen) atoms. The van der Waals surface area contributed by atoms with Gasteiger partial charge in [-0.2, -0.15) is 0 Å². The molecule has 0 aromatic carbocycles. The Bertz CT molecular complexity index is 731. The van der Waals surface area contributed by atoms with E-state index in [4.69, 9.17) is 0 Å². The molecule has 4 rings (SSSR count). The number of carbonyl (C=O) groups is 2. The van der Waals surface area contributed by atoms with Crippen LogP contribution in [0.1, 0.15) is 70.2 Å². The first-order valence-corrected chi connectivity index (χ1v) is 11.1. The monoisotopic (exact) mass is 402 g/mol. The average Bonchev–Trinajstić information content (AvgIpc) is 3.18. The van der Waals surface area contributed by atoms with Gasteiger partial charge in [0.2, 0.25) is 5.91 Å². The van der Waals surface area contributed by atoms with Crippen LogP contribution in [0.4, 0.5) is 4.79 Å². The number of nitrogens with zero attached hydrogens (tertiary/aromatic N) is 2. The van der Waals surface area contributed by atoms with Gasteiger partial charge in [-0.3, -0.25) is 10.1 Å². The Kier molecular flexibility index (Phi) is 5.81. The van der Waals surface area contributed by atoms with Gasteiger partial charge >= 0.3 is 6.03 Å². The fourth-order valence-electron chi connectivity index (χ4n) is 5.07. The van der Waals surface area contributed by atoms with Gasteiger partial charge in [-0.15, -0.1) is 0 Å². The van der Waals surface area contributed by atoms with E-state index < -0.39 is 0 Å². The Balaban J connectivity index is 1.42. The number of rotatable bonds is 3. The van der Waals surface area contributed by atoms with E-state index in [0.717, 1.165) is 37.1 Å². The lowest BCUT2D eigenvalue weighted by Gasteiger charge is -2.46. The number of fused-ring (bicyclic) bond motifs is 2. The van der Waals surface area contributed by atoms with Gasteiger partial charge in [0.15, 0.2) is 0 Å². The predicted octanol–water partition coefficient (Wildman–Crippen LogP) is 1.78. The molecule has 1 aliphatic carbocycles. The van der Waals surface area contributed by atoms with E-state index in [-0.39, 0.29) is 29.6 Å². The minimum atomic E-state index is -0.353. The summed E-state index contributed by atoms with van der Waals surface area (Å²) in [6.45, 7) is 5.27. The van der Waals surface area contributed by atoms with Crippen molar-refractivity contribution in [3.8, 4) is 0 Å². The van der Waals surface area contributed by atoms with E-state index in [2.05, 4.69) is 25.9 Å². The number of urea groups is 1. The third kappa shape index (κ3) is 4.27. The molecule has 3 amide bonds. The van der Waals surface area contributed by atoms with Gasteiger partial charge in [0.25, 0.3) is 0 Å². The summed E-state index contributed by atoms with van der Waals surface area (Å²) in [6, 6.07) is 0.197. The minimum absolute atomic E-state index is 0.0251. The van der Waals surface area contributed by atoms with Crippen LogP contribution in [0.3, 0.4) is 0 Å². The van der Waals surface area contributed by atoms with Crippen LogP contribution in [-0.2, 0) is 16.8 Å². The van der Waals surface area contributed by atoms with Crippen molar-refractivity contribution >= 4 is 11.9 Å². The lowest BCUT2D eigenvalue weighted by Crippen LogP contribution is -2.62. The number of likely N-dealkylation sites (tertiary alicyclic amines) is 1. The first-order chi connectivity index (χ1) is 14.0. The molecule has 2 aliphatic heterocycles. The van der Waals surface area contributed by atoms with Gasteiger partial charge in [0, 0.05) is 37.3 Å². The molecule has 1 spiro atoms. The standard InChI is InChI=1S/C21H34N6O2/c1-14(2)24-19(28)17-12-16-18(23-13-22-16)21(26-17)8-10-27(11-9-21)20(29)25-15-6-4-3-5-7-15/h13-15,17,26H,3-12H2,1-2H3,(H,22,23)(H,24,28)(H,25,29)/t17-/m0/s1. The second-order valence-electron chi connectivity index (χ2n) is 9.15. The highest BCUT2D eigenvalue weighted by Crippen LogP contribution is 2.37. The molecule has 3 heterocycles. The molecule has 1 saturated carbocycles. The molecule has 3 aliphatic rings. The number of piperidine rings is 1. The quantitative estimate of drug-likeness (QED) is 0.619. The highest BCUT2D eigenvalue weighted by atomic mass is 16.2. The Morgan fingerprint density at radius 2 is 1.93 bits per heavy atom. The first kappa shape index (κ1) is 20.2. The van der Waals surface area contributed by atoms with Gasteiger partial charge in [0.1, 0.15) is 0 Å². The number of amides is 3.